The molecular weight excluding hydrogens is 242 g/mol. The zero-order valence-corrected chi connectivity index (χ0v) is 12.7. The van der Waals surface area contributed by atoms with E-state index in [-0.39, 0.29) is 6.10 Å². The minimum Gasteiger partial charge on any atom is -0.480 e. The molecule has 3 atom stereocenters. The van der Waals surface area contributed by atoms with Gasteiger partial charge in [-0.05, 0) is 39.0 Å². The summed E-state index contributed by atoms with van der Waals surface area (Å²) in [6, 6.07) is 0.382. The van der Waals surface area contributed by atoms with E-state index in [0.717, 1.165) is 25.7 Å². The number of carbonyl (C=O) groups is 1. The number of carboxylic acids is 1. The van der Waals surface area contributed by atoms with Crippen molar-refractivity contribution >= 4 is 5.97 Å². The first kappa shape index (κ1) is 16.4. The lowest BCUT2D eigenvalue weighted by Gasteiger charge is -2.29. The predicted octanol–water partition coefficient (Wildman–Crippen LogP) is 2.81. The zero-order valence-electron chi connectivity index (χ0n) is 12.7. The van der Waals surface area contributed by atoms with Crippen LogP contribution in [-0.4, -0.2) is 35.4 Å². The van der Waals surface area contributed by atoms with E-state index in [9.17, 15) is 9.90 Å². The van der Waals surface area contributed by atoms with Crippen LogP contribution in [0.25, 0.3) is 0 Å². The number of carboxylic acid groups (broad SMARTS) is 1. The van der Waals surface area contributed by atoms with Gasteiger partial charge in [0, 0.05) is 19.1 Å². The summed E-state index contributed by atoms with van der Waals surface area (Å²) >= 11 is 0. The summed E-state index contributed by atoms with van der Waals surface area (Å²) in [4.78, 5) is 11.4. The van der Waals surface area contributed by atoms with Crippen LogP contribution >= 0.6 is 0 Å². The second-order valence-electron chi connectivity index (χ2n) is 6.30. The van der Waals surface area contributed by atoms with Crippen LogP contribution in [0.15, 0.2) is 0 Å². The molecular formula is C15H29NO3. The summed E-state index contributed by atoms with van der Waals surface area (Å²) in [6.45, 7) is 8.79. The van der Waals surface area contributed by atoms with E-state index in [4.69, 9.17) is 4.74 Å². The molecule has 19 heavy (non-hydrogen) atoms. The summed E-state index contributed by atoms with van der Waals surface area (Å²) in [5.74, 6) is -0.239. The van der Waals surface area contributed by atoms with Crippen LogP contribution in [0.3, 0.4) is 0 Å². The molecule has 0 aromatic carbocycles. The molecule has 0 aromatic rings. The molecule has 0 aliphatic heterocycles. The molecule has 0 radical (unpaired) electrons. The van der Waals surface area contributed by atoms with Gasteiger partial charge < -0.3 is 9.84 Å². The number of hydrogen-bond donors (Lipinski definition) is 2. The lowest BCUT2D eigenvalue weighted by Crippen LogP contribution is -2.52. The Hall–Kier alpha value is -0.610. The van der Waals surface area contributed by atoms with Crippen LogP contribution in [0.1, 0.15) is 59.8 Å². The monoisotopic (exact) mass is 271 g/mol. The molecule has 0 saturated heterocycles. The van der Waals surface area contributed by atoms with E-state index in [1.165, 1.54) is 0 Å². The minimum atomic E-state index is -0.866. The van der Waals surface area contributed by atoms with Gasteiger partial charge in [0.1, 0.15) is 5.54 Å². The molecule has 0 amide bonds. The molecule has 1 rings (SSSR count). The summed E-state index contributed by atoms with van der Waals surface area (Å²) in [5, 5.41) is 12.6. The maximum absolute atomic E-state index is 11.4. The molecule has 1 aliphatic carbocycles. The smallest absolute Gasteiger partial charge is 0.323 e. The van der Waals surface area contributed by atoms with Crippen molar-refractivity contribution in [3.8, 4) is 0 Å². The fraction of sp³-hybridized carbons (Fsp3) is 0.933. The van der Waals surface area contributed by atoms with Gasteiger partial charge in [-0.3, -0.25) is 10.1 Å². The summed E-state index contributed by atoms with van der Waals surface area (Å²) in [5.41, 5.74) is -0.866. The van der Waals surface area contributed by atoms with Gasteiger partial charge in [0.15, 0.2) is 0 Å². The Morgan fingerprint density at radius 1 is 1.47 bits per heavy atom. The highest BCUT2D eigenvalue weighted by Crippen LogP contribution is 2.25. The summed E-state index contributed by atoms with van der Waals surface area (Å²) in [6.07, 6.45) is 4.97. The van der Waals surface area contributed by atoms with Gasteiger partial charge in [-0.25, -0.2) is 0 Å². The fourth-order valence-corrected chi connectivity index (χ4v) is 2.42. The Kier molecular flexibility index (Phi) is 6.27. The Morgan fingerprint density at radius 3 is 2.58 bits per heavy atom. The first-order valence-electron chi connectivity index (χ1n) is 7.50. The molecule has 0 bridgehead atoms. The Balaban J connectivity index is 2.38. The summed E-state index contributed by atoms with van der Waals surface area (Å²) < 4.78 is 5.80. The van der Waals surface area contributed by atoms with Crippen molar-refractivity contribution in [2.45, 2.75) is 77.5 Å². The topological polar surface area (TPSA) is 58.6 Å². The van der Waals surface area contributed by atoms with Crippen LogP contribution in [0.5, 0.6) is 0 Å². The van der Waals surface area contributed by atoms with Crippen LogP contribution < -0.4 is 5.32 Å². The molecule has 4 nitrogen and oxygen atoms in total. The highest BCUT2D eigenvalue weighted by Gasteiger charge is 2.39. The third kappa shape index (κ3) is 5.91. The lowest BCUT2D eigenvalue weighted by molar-refractivity contribution is -0.146. The Morgan fingerprint density at radius 2 is 2.11 bits per heavy atom. The SMILES string of the molecule is CCCC(C)COC(C)CC(C)(NC1CC1)C(=O)O. The average Bonchev–Trinajstić information content (AvgIpc) is 3.10. The second-order valence-corrected chi connectivity index (χ2v) is 6.30. The first-order chi connectivity index (χ1) is 8.87. The molecule has 112 valence electrons. The van der Waals surface area contributed by atoms with Crippen LogP contribution in [0, 0.1) is 5.92 Å². The van der Waals surface area contributed by atoms with Gasteiger partial charge in [0.2, 0.25) is 0 Å². The maximum Gasteiger partial charge on any atom is 0.323 e. The molecule has 3 unspecified atom stereocenters. The third-order valence-electron chi connectivity index (χ3n) is 3.71. The van der Waals surface area contributed by atoms with Gasteiger partial charge in [0.05, 0.1) is 6.10 Å². The molecule has 1 saturated carbocycles. The van der Waals surface area contributed by atoms with E-state index in [1.807, 2.05) is 6.92 Å². The van der Waals surface area contributed by atoms with Crippen molar-refractivity contribution in [3.05, 3.63) is 0 Å². The zero-order chi connectivity index (χ0) is 14.5. The molecule has 2 N–H and O–H groups in total. The standard InChI is InChI=1S/C15H29NO3/c1-5-6-11(2)10-19-12(3)9-15(4,14(17)18)16-13-7-8-13/h11-13,16H,5-10H2,1-4H3,(H,17,18). The van der Waals surface area contributed by atoms with Crippen LogP contribution in [-0.2, 0) is 9.53 Å². The van der Waals surface area contributed by atoms with Gasteiger partial charge in [-0.1, -0.05) is 20.3 Å². The number of hydrogen-bond acceptors (Lipinski definition) is 3. The minimum absolute atomic E-state index is 0.0355. The second kappa shape index (κ2) is 7.25. The van der Waals surface area contributed by atoms with Gasteiger partial charge in [-0.15, -0.1) is 0 Å². The number of nitrogens with one attached hydrogen (secondary N) is 1. The van der Waals surface area contributed by atoms with E-state index in [0.29, 0.717) is 25.0 Å². The fourth-order valence-electron chi connectivity index (χ4n) is 2.42. The van der Waals surface area contributed by atoms with E-state index in [2.05, 4.69) is 19.2 Å². The quantitative estimate of drug-likeness (QED) is 0.641. The molecule has 0 heterocycles. The third-order valence-corrected chi connectivity index (χ3v) is 3.71. The van der Waals surface area contributed by atoms with Crippen molar-refractivity contribution in [1.82, 2.24) is 5.32 Å². The predicted molar refractivity (Wildman–Crippen MR) is 76.3 cm³/mol. The largest absolute Gasteiger partial charge is 0.480 e. The normalized spacial score (nSPS) is 21.7. The van der Waals surface area contributed by atoms with E-state index < -0.39 is 11.5 Å². The number of rotatable bonds is 10. The molecule has 1 aliphatic rings. The summed E-state index contributed by atoms with van der Waals surface area (Å²) in [7, 11) is 0. The van der Waals surface area contributed by atoms with Crippen molar-refractivity contribution in [2.24, 2.45) is 5.92 Å². The number of aliphatic carboxylic acids is 1. The van der Waals surface area contributed by atoms with Gasteiger partial charge in [0.25, 0.3) is 0 Å². The first-order valence-corrected chi connectivity index (χ1v) is 7.50. The molecule has 0 aromatic heterocycles. The van der Waals surface area contributed by atoms with Crippen LogP contribution in [0.4, 0.5) is 0 Å². The highest BCUT2D eigenvalue weighted by molar-refractivity contribution is 5.78. The van der Waals surface area contributed by atoms with Crippen LogP contribution in [0.2, 0.25) is 0 Å². The van der Waals surface area contributed by atoms with Gasteiger partial charge >= 0.3 is 5.97 Å². The van der Waals surface area contributed by atoms with Crippen molar-refractivity contribution < 1.29 is 14.6 Å². The van der Waals surface area contributed by atoms with Crippen molar-refractivity contribution in [1.29, 1.82) is 0 Å². The molecule has 1 fully saturated rings. The average molecular weight is 271 g/mol. The molecule has 4 heteroatoms. The lowest BCUT2D eigenvalue weighted by atomic mass is 9.94. The number of ether oxygens (including phenoxy) is 1. The Bertz CT molecular complexity index is 291. The molecule has 0 spiro atoms. The highest BCUT2D eigenvalue weighted by atomic mass is 16.5. The van der Waals surface area contributed by atoms with Crippen molar-refractivity contribution in [2.75, 3.05) is 6.61 Å². The Labute approximate surface area is 116 Å². The van der Waals surface area contributed by atoms with E-state index in [1.54, 1.807) is 6.92 Å². The van der Waals surface area contributed by atoms with E-state index >= 15 is 0 Å². The maximum atomic E-state index is 11.4. The van der Waals surface area contributed by atoms with Crippen molar-refractivity contribution in [3.63, 3.8) is 0 Å². The van der Waals surface area contributed by atoms with Gasteiger partial charge in [-0.2, -0.15) is 0 Å².